The Morgan fingerprint density at radius 1 is 0.913 bits per heavy atom. The minimum absolute atomic E-state index is 0.0168. The van der Waals surface area contributed by atoms with Crippen molar-refractivity contribution in [1.82, 2.24) is 10.3 Å². The van der Waals surface area contributed by atoms with Crippen molar-refractivity contribution in [2.24, 2.45) is 5.92 Å². The molecule has 2 amide bonds. The smallest absolute Gasteiger partial charge is 0.416 e. The number of benzene rings is 2. The number of nitrogens with one attached hydrogen (secondary N) is 1. The van der Waals surface area contributed by atoms with E-state index in [2.05, 4.69) is 10.3 Å². The Hall–Kier alpha value is -4.49. The average Bonchev–Trinajstić information content (AvgIpc) is 3.27. The maximum atomic E-state index is 14.1. The maximum absolute atomic E-state index is 14.1. The molecular weight excluding hydrogens is 623 g/mol. The van der Waals surface area contributed by atoms with E-state index in [0.717, 1.165) is 12.0 Å². The number of likely N-dealkylation sites (N-methyl/N-ethyl adjacent to an activating group) is 1. The van der Waals surface area contributed by atoms with E-state index in [1.807, 2.05) is 0 Å². The second-order valence-corrected chi connectivity index (χ2v) is 11.7. The molecule has 0 radical (unpaired) electrons. The van der Waals surface area contributed by atoms with Gasteiger partial charge in [-0.25, -0.2) is 4.39 Å². The molecule has 1 aliphatic rings. The summed E-state index contributed by atoms with van der Waals surface area (Å²) in [5, 5.41) is 2.68. The molecule has 1 aliphatic heterocycles. The lowest BCUT2D eigenvalue weighted by atomic mass is 9.81. The molecule has 0 bridgehead atoms. The zero-order valence-corrected chi connectivity index (χ0v) is 25.5. The lowest BCUT2D eigenvalue weighted by Crippen LogP contribution is -2.42. The largest absolute Gasteiger partial charge is 0.468 e. The number of methoxy groups -OCH3 is 1. The number of aromatic nitrogens is 1. The van der Waals surface area contributed by atoms with Crippen molar-refractivity contribution >= 4 is 23.5 Å². The number of rotatable bonds is 6. The van der Waals surface area contributed by atoms with Crippen LogP contribution in [0.2, 0.25) is 0 Å². The number of anilines is 1. The van der Waals surface area contributed by atoms with Crippen LogP contribution in [0, 0.1) is 18.7 Å². The van der Waals surface area contributed by atoms with Crippen LogP contribution in [0.15, 0.2) is 48.7 Å². The molecule has 2 aromatic carbocycles. The Morgan fingerprint density at radius 3 is 2.00 bits per heavy atom. The number of hydrogen-bond acceptors (Lipinski definition) is 5. The highest BCUT2D eigenvalue weighted by Crippen LogP contribution is 2.42. The third-order valence-electron chi connectivity index (χ3n) is 8.24. The van der Waals surface area contributed by atoms with Gasteiger partial charge < -0.3 is 15.0 Å². The summed E-state index contributed by atoms with van der Waals surface area (Å²) in [5.41, 5.74) is -4.14. The van der Waals surface area contributed by atoms with Gasteiger partial charge in [-0.15, -0.1) is 0 Å². The molecule has 0 saturated carbocycles. The maximum Gasteiger partial charge on any atom is 0.416 e. The number of pyridine rings is 1. The molecule has 3 aromatic rings. The van der Waals surface area contributed by atoms with E-state index >= 15 is 0 Å². The van der Waals surface area contributed by atoms with Crippen molar-refractivity contribution in [3.8, 4) is 11.1 Å². The van der Waals surface area contributed by atoms with Gasteiger partial charge in [-0.05, 0) is 80.8 Å². The standard InChI is InChI=1S/C32H30F7N3O4/c1-15-9-20(33)7-8-21(15)22-13-23(25-16(2)41-27(43)26(25)28(44)46-6)40-14-24(22)42(5)29(45)30(3,4)17-10-18(31(34,35)36)12-19(11-17)32(37,38)39/h7-14,16,25-26H,1-6H3,(H,41,43). The van der Waals surface area contributed by atoms with E-state index in [1.54, 1.807) is 13.8 Å². The number of aryl methyl sites for hydroxylation is 1. The van der Waals surface area contributed by atoms with E-state index in [4.69, 9.17) is 4.74 Å². The SMILES string of the molecule is COC(=O)C1C(=O)NC(C)C1c1cc(-c2ccc(F)cc2C)c(N(C)C(=O)C(C)(C)c2cc(C(F)(F)F)cc(C(F)(F)F)c2)cn1. The van der Waals surface area contributed by atoms with E-state index in [1.165, 1.54) is 51.4 Å². The Kier molecular flexibility index (Phi) is 8.99. The number of hydrogen-bond donors (Lipinski definition) is 1. The van der Waals surface area contributed by atoms with Crippen molar-refractivity contribution in [2.45, 2.75) is 57.4 Å². The average molecular weight is 654 g/mol. The molecular formula is C32H30F7N3O4. The van der Waals surface area contributed by atoms with Gasteiger partial charge in [0.1, 0.15) is 11.7 Å². The Morgan fingerprint density at radius 2 is 1.48 bits per heavy atom. The highest BCUT2D eigenvalue weighted by atomic mass is 19.4. The third kappa shape index (κ3) is 6.42. The summed E-state index contributed by atoms with van der Waals surface area (Å²) in [6, 6.07) is 5.76. The number of ether oxygens (including phenoxy) is 1. The number of esters is 1. The summed E-state index contributed by atoms with van der Waals surface area (Å²) in [6.45, 7) is 5.65. The molecule has 2 heterocycles. The summed E-state index contributed by atoms with van der Waals surface area (Å²) in [4.78, 5) is 44.6. The van der Waals surface area contributed by atoms with Crippen LogP contribution >= 0.6 is 0 Å². The topological polar surface area (TPSA) is 88.6 Å². The molecule has 1 N–H and O–H groups in total. The molecule has 14 heteroatoms. The fourth-order valence-corrected chi connectivity index (χ4v) is 5.69. The van der Waals surface area contributed by atoms with Gasteiger partial charge in [-0.3, -0.25) is 19.4 Å². The summed E-state index contributed by atoms with van der Waals surface area (Å²) < 4.78 is 101. The molecule has 246 valence electrons. The number of carbonyl (C=O) groups excluding carboxylic acids is 3. The molecule has 3 atom stereocenters. The second-order valence-electron chi connectivity index (χ2n) is 11.7. The van der Waals surface area contributed by atoms with Gasteiger partial charge in [-0.1, -0.05) is 6.07 Å². The number of carbonyl (C=O) groups is 3. The van der Waals surface area contributed by atoms with Crippen molar-refractivity contribution in [1.29, 1.82) is 0 Å². The van der Waals surface area contributed by atoms with Crippen LogP contribution in [0.4, 0.5) is 36.4 Å². The molecule has 1 saturated heterocycles. The molecule has 4 rings (SSSR count). The highest BCUT2D eigenvalue weighted by molar-refractivity contribution is 6.04. The molecule has 0 spiro atoms. The van der Waals surface area contributed by atoms with Crippen molar-refractivity contribution in [2.75, 3.05) is 19.1 Å². The zero-order chi connectivity index (χ0) is 34.5. The van der Waals surface area contributed by atoms with E-state index in [9.17, 15) is 45.1 Å². The summed E-state index contributed by atoms with van der Waals surface area (Å²) in [6.07, 6.45) is -8.99. The number of halogens is 7. The summed E-state index contributed by atoms with van der Waals surface area (Å²) in [5.74, 6) is -4.88. The van der Waals surface area contributed by atoms with Crippen LogP contribution in [0.1, 0.15) is 54.6 Å². The summed E-state index contributed by atoms with van der Waals surface area (Å²) >= 11 is 0. The van der Waals surface area contributed by atoms with E-state index in [-0.39, 0.29) is 23.0 Å². The zero-order valence-electron chi connectivity index (χ0n) is 25.5. The van der Waals surface area contributed by atoms with Crippen LogP contribution in [-0.2, 0) is 36.9 Å². The first kappa shape index (κ1) is 34.4. The van der Waals surface area contributed by atoms with Crippen molar-refractivity contribution in [3.05, 3.63) is 82.4 Å². The van der Waals surface area contributed by atoms with Crippen LogP contribution in [0.5, 0.6) is 0 Å². The lowest BCUT2D eigenvalue weighted by molar-refractivity contribution is -0.149. The molecule has 3 unspecified atom stereocenters. The molecule has 1 fully saturated rings. The van der Waals surface area contributed by atoms with Gasteiger partial charge in [0.2, 0.25) is 11.8 Å². The first-order valence-corrected chi connectivity index (χ1v) is 13.9. The number of amides is 2. The van der Waals surface area contributed by atoms with Gasteiger partial charge in [0, 0.05) is 30.3 Å². The minimum Gasteiger partial charge on any atom is -0.468 e. The van der Waals surface area contributed by atoms with Crippen LogP contribution < -0.4 is 10.2 Å². The van der Waals surface area contributed by atoms with Crippen LogP contribution in [-0.4, -0.2) is 43.0 Å². The highest BCUT2D eigenvalue weighted by Gasteiger charge is 2.47. The van der Waals surface area contributed by atoms with Gasteiger partial charge in [0.15, 0.2) is 0 Å². The Bertz CT molecular complexity index is 1660. The Balaban J connectivity index is 1.88. The van der Waals surface area contributed by atoms with Gasteiger partial charge in [-0.2, -0.15) is 26.3 Å². The van der Waals surface area contributed by atoms with Crippen molar-refractivity contribution < 1.29 is 49.9 Å². The normalized spacial score (nSPS) is 18.7. The molecule has 1 aromatic heterocycles. The predicted molar refractivity (Wildman–Crippen MR) is 153 cm³/mol. The predicted octanol–water partition coefficient (Wildman–Crippen LogP) is 6.57. The van der Waals surface area contributed by atoms with Gasteiger partial charge >= 0.3 is 18.3 Å². The monoisotopic (exact) mass is 653 g/mol. The molecule has 0 aliphatic carbocycles. The van der Waals surface area contributed by atoms with Gasteiger partial charge in [0.05, 0.1) is 35.5 Å². The fourth-order valence-electron chi connectivity index (χ4n) is 5.69. The minimum atomic E-state index is -5.12. The van der Waals surface area contributed by atoms with Crippen LogP contribution in [0.25, 0.3) is 11.1 Å². The summed E-state index contributed by atoms with van der Waals surface area (Å²) in [7, 11) is 2.41. The molecule has 7 nitrogen and oxygen atoms in total. The lowest BCUT2D eigenvalue weighted by Gasteiger charge is -2.32. The van der Waals surface area contributed by atoms with E-state index < -0.39 is 75.9 Å². The first-order chi connectivity index (χ1) is 21.2. The number of alkyl halides is 6. The van der Waals surface area contributed by atoms with Crippen molar-refractivity contribution in [3.63, 3.8) is 0 Å². The van der Waals surface area contributed by atoms with Gasteiger partial charge in [0.25, 0.3) is 0 Å². The second kappa shape index (κ2) is 12.0. The fraction of sp³-hybridized carbons (Fsp3) is 0.375. The quantitative estimate of drug-likeness (QED) is 0.185. The number of nitrogens with zero attached hydrogens (tertiary/aromatic N) is 2. The van der Waals surface area contributed by atoms with Crippen LogP contribution in [0.3, 0.4) is 0 Å². The Labute approximate surface area is 259 Å². The first-order valence-electron chi connectivity index (χ1n) is 13.9. The molecule has 46 heavy (non-hydrogen) atoms. The third-order valence-corrected chi connectivity index (χ3v) is 8.24. The van der Waals surface area contributed by atoms with E-state index in [0.29, 0.717) is 23.3 Å².